The van der Waals surface area contributed by atoms with Crippen LogP contribution in [0.2, 0.25) is 10.0 Å². The average molecular weight is 496 g/mol. The molecule has 0 unspecified atom stereocenters. The number of nitrogens with zero attached hydrogens (tertiary/aromatic N) is 1. The number of hydrogen-bond donors (Lipinski definition) is 0. The zero-order valence-electron chi connectivity index (χ0n) is 17.2. The van der Waals surface area contributed by atoms with E-state index < -0.39 is 11.9 Å². The van der Waals surface area contributed by atoms with Crippen molar-refractivity contribution in [2.75, 3.05) is 20.3 Å². The molecule has 3 rings (SSSR count). The van der Waals surface area contributed by atoms with E-state index >= 15 is 0 Å². The third kappa shape index (κ3) is 5.76. The lowest BCUT2D eigenvalue weighted by Gasteiger charge is -2.14. The maximum absolute atomic E-state index is 12.8. The Morgan fingerprint density at radius 1 is 1.12 bits per heavy atom. The second-order valence-corrected chi connectivity index (χ2v) is 8.36. The summed E-state index contributed by atoms with van der Waals surface area (Å²) in [6.07, 6.45) is 1.56. The second-order valence-electron chi connectivity index (χ2n) is 6.52. The van der Waals surface area contributed by atoms with Gasteiger partial charge in [-0.15, -0.1) is 0 Å². The minimum Gasteiger partial charge on any atom is -0.490 e. The fraction of sp³-hybridized carbons (Fsp3) is 0.227. The topological polar surface area (TPSA) is 82.1 Å². The number of amides is 2. The highest BCUT2D eigenvalue weighted by molar-refractivity contribution is 8.18. The van der Waals surface area contributed by atoms with E-state index in [0.717, 1.165) is 17.3 Å². The molecule has 0 bridgehead atoms. The SMILES string of the molecule is CCOc1cc(/C=C2\SC(=O)N(Cc3ccc(Cl)cc3)C2=O)cc(Cl)c1OCC(=O)OC. The summed E-state index contributed by atoms with van der Waals surface area (Å²) in [7, 11) is 1.25. The molecule has 2 amide bonds. The molecule has 32 heavy (non-hydrogen) atoms. The van der Waals surface area contributed by atoms with Gasteiger partial charge in [0.05, 0.1) is 30.2 Å². The summed E-state index contributed by atoms with van der Waals surface area (Å²) < 4.78 is 15.6. The molecule has 0 aliphatic carbocycles. The molecule has 1 aliphatic heterocycles. The highest BCUT2D eigenvalue weighted by Crippen LogP contribution is 2.39. The van der Waals surface area contributed by atoms with Gasteiger partial charge in [-0.2, -0.15) is 0 Å². The molecule has 1 heterocycles. The highest BCUT2D eigenvalue weighted by Gasteiger charge is 2.35. The molecule has 0 saturated carbocycles. The first-order valence-corrected chi connectivity index (χ1v) is 11.1. The minimum absolute atomic E-state index is 0.143. The van der Waals surface area contributed by atoms with Gasteiger partial charge in [0.25, 0.3) is 11.1 Å². The second kappa shape index (κ2) is 10.8. The van der Waals surface area contributed by atoms with Crippen molar-refractivity contribution in [2.24, 2.45) is 0 Å². The maximum atomic E-state index is 12.8. The molecule has 2 aromatic rings. The highest BCUT2D eigenvalue weighted by atomic mass is 35.5. The molecule has 0 N–H and O–H groups in total. The van der Waals surface area contributed by atoms with E-state index in [1.807, 2.05) is 0 Å². The quantitative estimate of drug-likeness (QED) is 0.368. The van der Waals surface area contributed by atoms with Crippen molar-refractivity contribution in [2.45, 2.75) is 13.5 Å². The van der Waals surface area contributed by atoms with Gasteiger partial charge in [0.2, 0.25) is 0 Å². The zero-order chi connectivity index (χ0) is 23.3. The fourth-order valence-electron chi connectivity index (χ4n) is 2.82. The van der Waals surface area contributed by atoms with Crippen LogP contribution in [0.1, 0.15) is 18.1 Å². The number of halogens is 2. The van der Waals surface area contributed by atoms with Crippen molar-refractivity contribution < 1.29 is 28.6 Å². The molecule has 2 aromatic carbocycles. The normalized spacial score (nSPS) is 14.8. The molecule has 10 heteroatoms. The monoisotopic (exact) mass is 495 g/mol. The number of ether oxygens (including phenoxy) is 3. The van der Waals surface area contributed by atoms with E-state index in [4.69, 9.17) is 32.7 Å². The molecule has 168 valence electrons. The fourth-order valence-corrected chi connectivity index (χ4v) is 4.06. The maximum Gasteiger partial charge on any atom is 0.343 e. The molecule has 1 saturated heterocycles. The lowest BCUT2D eigenvalue weighted by Crippen LogP contribution is -2.27. The van der Waals surface area contributed by atoms with Crippen LogP contribution < -0.4 is 9.47 Å². The van der Waals surface area contributed by atoms with Crippen molar-refractivity contribution in [1.29, 1.82) is 0 Å². The van der Waals surface area contributed by atoms with Crippen LogP contribution >= 0.6 is 35.0 Å². The Hall–Kier alpha value is -2.68. The van der Waals surface area contributed by atoms with Gasteiger partial charge in [-0.05, 0) is 60.2 Å². The third-order valence-electron chi connectivity index (χ3n) is 4.32. The van der Waals surface area contributed by atoms with Crippen LogP contribution in [0.5, 0.6) is 11.5 Å². The van der Waals surface area contributed by atoms with Gasteiger partial charge in [0.15, 0.2) is 18.1 Å². The standard InChI is InChI=1S/C22H19Cl2NO6S/c1-3-30-17-9-14(8-16(24)20(17)31-12-19(26)29-2)10-18-21(27)25(22(28)32-18)11-13-4-6-15(23)7-5-13/h4-10H,3,11-12H2,1-2H3/b18-10-. The zero-order valence-corrected chi connectivity index (χ0v) is 19.6. The third-order valence-corrected chi connectivity index (χ3v) is 5.76. The number of hydrogen-bond acceptors (Lipinski definition) is 7. The molecule has 0 spiro atoms. The van der Waals surface area contributed by atoms with Crippen LogP contribution in [0.15, 0.2) is 41.3 Å². The lowest BCUT2D eigenvalue weighted by molar-refractivity contribution is -0.142. The Labute approximate surface area is 199 Å². The van der Waals surface area contributed by atoms with Crippen LogP contribution in [0.25, 0.3) is 6.08 Å². The molecular formula is C22H19Cl2NO6S. The molecule has 0 radical (unpaired) electrons. The van der Waals surface area contributed by atoms with E-state index in [1.54, 1.807) is 49.4 Å². The summed E-state index contributed by atoms with van der Waals surface area (Å²) in [5.41, 5.74) is 1.33. The van der Waals surface area contributed by atoms with Crippen LogP contribution in [0.4, 0.5) is 4.79 Å². The number of rotatable bonds is 8. The number of esters is 1. The summed E-state index contributed by atoms with van der Waals surface area (Å²) in [5, 5.41) is 0.389. The average Bonchev–Trinajstić information content (AvgIpc) is 3.02. The number of methoxy groups -OCH3 is 1. The van der Waals surface area contributed by atoms with Crippen LogP contribution in [0.3, 0.4) is 0 Å². The first-order valence-electron chi connectivity index (χ1n) is 9.48. The van der Waals surface area contributed by atoms with E-state index in [0.29, 0.717) is 22.9 Å². The Morgan fingerprint density at radius 2 is 1.84 bits per heavy atom. The number of benzene rings is 2. The smallest absolute Gasteiger partial charge is 0.343 e. The summed E-state index contributed by atoms with van der Waals surface area (Å²) in [4.78, 5) is 38.0. The Bertz CT molecular complexity index is 1070. The van der Waals surface area contributed by atoms with E-state index in [1.165, 1.54) is 12.0 Å². The van der Waals surface area contributed by atoms with Gasteiger partial charge in [-0.1, -0.05) is 35.3 Å². The minimum atomic E-state index is -0.568. The van der Waals surface area contributed by atoms with E-state index in [-0.39, 0.29) is 34.1 Å². The number of carbonyl (C=O) groups excluding carboxylic acids is 3. The molecule has 1 fully saturated rings. The van der Waals surface area contributed by atoms with Gasteiger partial charge in [-0.25, -0.2) is 4.79 Å². The van der Waals surface area contributed by atoms with E-state index in [9.17, 15) is 14.4 Å². The Balaban J connectivity index is 1.83. The first-order chi connectivity index (χ1) is 15.3. The van der Waals surface area contributed by atoms with E-state index in [2.05, 4.69) is 4.74 Å². The van der Waals surface area contributed by atoms with Crippen molar-refractivity contribution in [3.05, 3.63) is 62.5 Å². The predicted octanol–water partition coefficient (Wildman–Crippen LogP) is 5.18. The van der Waals surface area contributed by atoms with Crippen molar-refractivity contribution in [1.82, 2.24) is 4.90 Å². The van der Waals surface area contributed by atoms with Crippen molar-refractivity contribution in [3.8, 4) is 11.5 Å². The molecule has 1 aliphatic rings. The van der Waals surface area contributed by atoms with Gasteiger partial charge >= 0.3 is 5.97 Å². The first kappa shape index (κ1) is 24.0. The van der Waals surface area contributed by atoms with Crippen LogP contribution in [-0.4, -0.2) is 42.3 Å². The summed E-state index contributed by atoms with van der Waals surface area (Å²) in [6, 6.07) is 10.1. The number of thioether (sulfide) groups is 1. The summed E-state index contributed by atoms with van der Waals surface area (Å²) in [6.45, 7) is 1.92. The number of carbonyl (C=O) groups is 3. The Morgan fingerprint density at radius 3 is 2.50 bits per heavy atom. The summed E-state index contributed by atoms with van der Waals surface area (Å²) >= 11 is 13.1. The molecule has 7 nitrogen and oxygen atoms in total. The molecular weight excluding hydrogens is 477 g/mol. The Kier molecular flexibility index (Phi) is 8.06. The van der Waals surface area contributed by atoms with Crippen molar-refractivity contribution in [3.63, 3.8) is 0 Å². The molecule has 0 atom stereocenters. The summed E-state index contributed by atoms with van der Waals surface area (Å²) in [5.74, 6) is -0.487. The number of imide groups is 1. The van der Waals surface area contributed by atoms with Gasteiger partial charge in [0, 0.05) is 5.02 Å². The van der Waals surface area contributed by atoms with Gasteiger partial charge < -0.3 is 14.2 Å². The predicted molar refractivity (Wildman–Crippen MR) is 123 cm³/mol. The molecule has 0 aromatic heterocycles. The van der Waals surface area contributed by atoms with Gasteiger partial charge in [-0.3, -0.25) is 14.5 Å². The largest absolute Gasteiger partial charge is 0.490 e. The van der Waals surface area contributed by atoms with Gasteiger partial charge in [0.1, 0.15) is 0 Å². The van der Waals surface area contributed by atoms with Crippen molar-refractivity contribution >= 4 is 58.2 Å². The lowest BCUT2D eigenvalue weighted by atomic mass is 10.1. The van der Waals surface area contributed by atoms with Crippen LogP contribution in [-0.2, 0) is 20.9 Å². The van der Waals surface area contributed by atoms with Crippen LogP contribution in [0, 0.1) is 0 Å².